The van der Waals surface area contributed by atoms with Crippen LogP contribution < -0.4 is 21.2 Å². The normalized spacial score (nSPS) is 14.0. The van der Waals surface area contributed by atoms with E-state index in [1.807, 2.05) is 24.3 Å². The molecule has 0 N–H and O–H groups in total. The van der Waals surface area contributed by atoms with Crippen molar-refractivity contribution < 1.29 is 45.8 Å². The third-order valence-electron chi connectivity index (χ3n) is 5.82. The second-order valence-electron chi connectivity index (χ2n) is 9.19. The van der Waals surface area contributed by atoms with Crippen molar-refractivity contribution in [3.05, 3.63) is 146 Å². The van der Waals surface area contributed by atoms with Crippen LogP contribution in [0.15, 0.2) is 146 Å². The van der Waals surface area contributed by atoms with Crippen molar-refractivity contribution in [3.8, 4) is 0 Å². The van der Waals surface area contributed by atoms with Crippen molar-refractivity contribution in [2.24, 2.45) is 0 Å². The van der Waals surface area contributed by atoms with E-state index >= 15 is 0 Å². The van der Waals surface area contributed by atoms with Gasteiger partial charge in [0.25, 0.3) is 0 Å². The van der Waals surface area contributed by atoms with Crippen LogP contribution in [-0.4, -0.2) is 20.5 Å². The van der Waals surface area contributed by atoms with Crippen LogP contribution in [0.25, 0.3) is 0 Å². The molecule has 0 unspecified atom stereocenters. The van der Waals surface area contributed by atoms with Crippen LogP contribution in [0, 0.1) is 0 Å². The first-order valence-electron chi connectivity index (χ1n) is 14.2. The number of hydrogen-bond donors (Lipinski definition) is 0. The van der Waals surface area contributed by atoms with Gasteiger partial charge in [0.05, 0.1) is 29.5 Å². The van der Waals surface area contributed by atoms with Crippen LogP contribution in [0.3, 0.4) is 0 Å². The van der Waals surface area contributed by atoms with Gasteiger partial charge in [0.1, 0.15) is 0 Å². The summed E-state index contributed by atoms with van der Waals surface area (Å²) in [6.45, 7) is 1.10. The van der Waals surface area contributed by atoms with Gasteiger partial charge < -0.3 is 26.3 Å². The molecule has 0 atom stereocenters. The van der Waals surface area contributed by atoms with Gasteiger partial charge >= 0.3 is 7.25 Å². The van der Waals surface area contributed by atoms with Gasteiger partial charge in [0.15, 0.2) is 0 Å². The van der Waals surface area contributed by atoms with E-state index in [2.05, 4.69) is 121 Å². The fourth-order valence-electron chi connectivity index (χ4n) is 3.96. The molecule has 44 heavy (non-hydrogen) atoms. The SMILES string of the molecule is C1=C\CC/C=C\CC/1.F[B-](F)(F)F.[Rh].c1ccc(P(OCCOP(c2ccccc2)c2ccccc2)c2ccccc2)cc1. The van der Waals surface area contributed by atoms with Crippen molar-refractivity contribution in [2.45, 2.75) is 25.7 Å². The summed E-state index contributed by atoms with van der Waals surface area (Å²) < 4.78 is 51.8. The Kier molecular flexibility index (Phi) is 19.0. The minimum Gasteiger partial charge on any atom is -0.418 e. The molecule has 0 aliphatic heterocycles. The zero-order valence-corrected chi connectivity index (χ0v) is 27.7. The number of benzene rings is 4. The average molecular weight is 728 g/mol. The average Bonchev–Trinajstić information content (AvgIpc) is 3.00. The van der Waals surface area contributed by atoms with E-state index in [9.17, 15) is 17.3 Å². The third kappa shape index (κ3) is 16.0. The number of rotatable bonds is 9. The van der Waals surface area contributed by atoms with Gasteiger partial charge in [-0.25, -0.2) is 0 Å². The Morgan fingerprint density at radius 1 is 0.432 bits per heavy atom. The van der Waals surface area contributed by atoms with Crippen molar-refractivity contribution in [1.29, 1.82) is 0 Å². The quantitative estimate of drug-likeness (QED) is 0.0564. The predicted molar refractivity (Wildman–Crippen MR) is 177 cm³/mol. The van der Waals surface area contributed by atoms with E-state index in [0.717, 1.165) is 0 Å². The van der Waals surface area contributed by atoms with Crippen molar-refractivity contribution in [2.75, 3.05) is 13.2 Å². The third-order valence-corrected chi connectivity index (χ3v) is 9.77. The summed E-state index contributed by atoms with van der Waals surface area (Å²) in [5.41, 5.74) is 0. The van der Waals surface area contributed by atoms with Gasteiger partial charge in [-0.05, 0) is 25.7 Å². The molecule has 0 amide bonds. The molecule has 4 aromatic carbocycles. The molecule has 235 valence electrons. The molecule has 0 fully saturated rings. The molecule has 0 spiro atoms. The first kappa shape index (κ1) is 37.7. The van der Waals surface area contributed by atoms with Crippen LogP contribution in [0.4, 0.5) is 17.3 Å². The summed E-state index contributed by atoms with van der Waals surface area (Å²) in [5, 5.41) is 4.86. The molecule has 1 aliphatic rings. The van der Waals surface area contributed by atoms with Gasteiger partial charge in [-0.1, -0.05) is 146 Å². The predicted octanol–water partition coefficient (Wildman–Crippen LogP) is 9.09. The topological polar surface area (TPSA) is 18.5 Å². The van der Waals surface area contributed by atoms with Gasteiger partial charge in [-0.15, -0.1) is 0 Å². The first-order chi connectivity index (χ1) is 20.9. The molecular weight excluding hydrogens is 692 g/mol. The van der Waals surface area contributed by atoms with Crippen LogP contribution in [0.5, 0.6) is 0 Å². The Morgan fingerprint density at radius 3 is 0.841 bits per heavy atom. The molecule has 1 radical (unpaired) electrons. The Morgan fingerprint density at radius 2 is 0.636 bits per heavy atom. The van der Waals surface area contributed by atoms with Crippen LogP contribution in [0.1, 0.15) is 25.7 Å². The zero-order valence-electron chi connectivity index (χ0n) is 24.2. The summed E-state index contributed by atoms with van der Waals surface area (Å²) in [6.07, 6.45) is 14.0. The second-order valence-corrected chi connectivity index (χ2v) is 12.9. The second kappa shape index (κ2) is 22.1. The number of allylic oxidation sites excluding steroid dienone is 4. The maximum atomic E-state index is 9.75. The molecule has 4 aromatic rings. The van der Waals surface area contributed by atoms with Crippen molar-refractivity contribution in [1.82, 2.24) is 0 Å². The van der Waals surface area contributed by atoms with Gasteiger partial charge in [-0.3, -0.25) is 0 Å². The van der Waals surface area contributed by atoms with Crippen molar-refractivity contribution >= 4 is 44.8 Å². The van der Waals surface area contributed by atoms with Gasteiger partial charge in [0, 0.05) is 40.7 Å². The van der Waals surface area contributed by atoms with E-state index < -0.39 is 23.6 Å². The molecule has 5 rings (SSSR count). The summed E-state index contributed by atoms with van der Waals surface area (Å²) in [6, 6.07) is 41.8. The Bertz CT molecular complexity index is 1140. The van der Waals surface area contributed by atoms with Crippen LogP contribution in [-0.2, 0) is 28.5 Å². The molecule has 0 heterocycles. The van der Waals surface area contributed by atoms with Crippen LogP contribution in [0.2, 0.25) is 0 Å². The molecule has 2 nitrogen and oxygen atoms in total. The fraction of sp³-hybridized carbons (Fsp3) is 0.176. The van der Waals surface area contributed by atoms with E-state index in [-0.39, 0.29) is 19.5 Å². The largest absolute Gasteiger partial charge is 0.673 e. The van der Waals surface area contributed by atoms with Gasteiger partial charge in [-0.2, -0.15) is 0 Å². The minimum atomic E-state index is -6.00. The van der Waals surface area contributed by atoms with Crippen LogP contribution >= 0.6 is 16.3 Å². The maximum absolute atomic E-state index is 9.75. The van der Waals surface area contributed by atoms with Crippen molar-refractivity contribution in [3.63, 3.8) is 0 Å². The molecular formula is C34H36BF4O2P2Rh-. The maximum Gasteiger partial charge on any atom is 0.673 e. The smallest absolute Gasteiger partial charge is 0.418 e. The van der Waals surface area contributed by atoms with E-state index in [4.69, 9.17) is 9.05 Å². The Hall–Kier alpha value is -2.45. The van der Waals surface area contributed by atoms with E-state index in [1.165, 1.54) is 46.9 Å². The molecule has 0 bridgehead atoms. The summed E-state index contributed by atoms with van der Waals surface area (Å²) in [7, 11) is -7.73. The number of hydrogen-bond acceptors (Lipinski definition) is 2. The first-order valence-corrected chi connectivity index (χ1v) is 16.7. The number of halogens is 4. The zero-order chi connectivity index (χ0) is 30.6. The van der Waals surface area contributed by atoms with E-state index in [0.29, 0.717) is 13.2 Å². The summed E-state index contributed by atoms with van der Waals surface area (Å²) in [5.74, 6) is 0. The van der Waals surface area contributed by atoms with Gasteiger partial charge in [0.2, 0.25) is 0 Å². The monoisotopic (exact) mass is 728 g/mol. The Balaban J connectivity index is 0.000000402. The molecule has 10 heteroatoms. The van der Waals surface area contributed by atoms with E-state index in [1.54, 1.807) is 0 Å². The molecule has 1 aliphatic carbocycles. The minimum absolute atomic E-state index is 0. The summed E-state index contributed by atoms with van der Waals surface area (Å²) in [4.78, 5) is 0. The Labute approximate surface area is 274 Å². The standard InChI is InChI=1S/C26H24O2P2.C8H12.BF4.Rh/c1-5-13-23(14-6-1)29(24-15-7-2-8-16-24)27-21-22-28-30(25-17-9-3-10-18-25)26-19-11-4-12-20-26;1-2-4-6-8-7-5-3-1;2-1(3,4)5;/h1-20H,21-22H2;1-2,7-8H,3-6H2;;/q;;-1;/b;2-1-,8-7-;;. The fourth-order valence-corrected chi connectivity index (χ4v) is 7.44. The molecule has 0 saturated carbocycles. The molecule has 0 aromatic heterocycles. The summed E-state index contributed by atoms with van der Waals surface area (Å²) >= 11 is 0. The molecule has 0 saturated heterocycles.